The zero-order valence-corrected chi connectivity index (χ0v) is 13.2. The number of rotatable bonds is 4. The predicted molar refractivity (Wildman–Crippen MR) is 80.9 cm³/mol. The van der Waals surface area contributed by atoms with Crippen LogP contribution in [0.1, 0.15) is 10.4 Å². The molecule has 0 saturated heterocycles. The van der Waals surface area contributed by atoms with Gasteiger partial charge in [0, 0.05) is 27.8 Å². The smallest absolute Gasteiger partial charge is 0.142 e. The van der Waals surface area contributed by atoms with E-state index in [2.05, 4.69) is 15.9 Å². The van der Waals surface area contributed by atoms with Gasteiger partial charge in [-0.25, -0.2) is 0 Å². The van der Waals surface area contributed by atoms with Crippen LogP contribution in [0.3, 0.4) is 0 Å². The van der Waals surface area contributed by atoms with Crippen molar-refractivity contribution in [2.45, 2.75) is 12.8 Å². The summed E-state index contributed by atoms with van der Waals surface area (Å²) in [5, 5.41) is 1.13. The van der Waals surface area contributed by atoms with Crippen LogP contribution < -0.4 is 0 Å². The number of benzene rings is 1. The van der Waals surface area contributed by atoms with Gasteiger partial charge in [-0.1, -0.05) is 29.3 Å². The van der Waals surface area contributed by atoms with Crippen molar-refractivity contribution in [3.05, 3.63) is 54.6 Å². The Hall–Kier alpha value is -0.350. The van der Waals surface area contributed by atoms with Gasteiger partial charge in [0.1, 0.15) is 5.78 Å². The van der Waals surface area contributed by atoms with E-state index in [1.165, 1.54) is 0 Å². The number of ketones is 1. The molecule has 0 amide bonds. The summed E-state index contributed by atoms with van der Waals surface area (Å²) in [6.45, 7) is 0. The lowest BCUT2D eigenvalue weighted by atomic mass is 10.1. The van der Waals surface area contributed by atoms with Crippen molar-refractivity contribution in [3.8, 4) is 0 Å². The molecule has 0 unspecified atom stereocenters. The van der Waals surface area contributed by atoms with E-state index in [1.807, 2.05) is 12.1 Å². The van der Waals surface area contributed by atoms with Crippen molar-refractivity contribution in [1.29, 1.82) is 0 Å². The van der Waals surface area contributed by atoms with Crippen LogP contribution in [0.25, 0.3) is 0 Å². The Morgan fingerprint density at radius 1 is 1.17 bits per heavy atom. The number of carbonyl (C=O) groups excluding carboxylic acids is 1. The summed E-state index contributed by atoms with van der Waals surface area (Å²) in [5.41, 5.74) is 0.821. The number of thiophene rings is 1. The van der Waals surface area contributed by atoms with Crippen LogP contribution in [0.2, 0.25) is 10.0 Å². The normalized spacial score (nSPS) is 10.6. The second-order valence-corrected chi connectivity index (χ2v) is 7.22. The van der Waals surface area contributed by atoms with Crippen molar-refractivity contribution >= 4 is 56.3 Å². The van der Waals surface area contributed by atoms with Crippen molar-refractivity contribution < 1.29 is 4.79 Å². The van der Waals surface area contributed by atoms with Gasteiger partial charge in [0.25, 0.3) is 0 Å². The highest BCUT2D eigenvalue weighted by atomic mass is 79.9. The molecule has 0 aliphatic rings. The number of halogens is 3. The molecule has 0 aliphatic heterocycles. The summed E-state index contributed by atoms with van der Waals surface area (Å²) in [7, 11) is 0. The standard InChI is InChI=1S/C13H9BrCl2OS/c14-13-4-3-11(18-13)7-10(17)5-8-1-2-9(15)6-12(8)16/h1-4,6H,5,7H2. The average Bonchev–Trinajstić information content (AvgIpc) is 2.68. The molecule has 0 fully saturated rings. The second kappa shape index (κ2) is 6.20. The topological polar surface area (TPSA) is 17.1 Å². The molecule has 0 spiro atoms. The maximum Gasteiger partial charge on any atom is 0.142 e. The Balaban J connectivity index is 2.03. The van der Waals surface area contributed by atoms with E-state index in [0.29, 0.717) is 22.9 Å². The molecule has 0 atom stereocenters. The van der Waals surface area contributed by atoms with Crippen LogP contribution in [0, 0.1) is 0 Å². The molecule has 1 heterocycles. The van der Waals surface area contributed by atoms with Crippen LogP contribution in [0.5, 0.6) is 0 Å². The van der Waals surface area contributed by atoms with E-state index in [-0.39, 0.29) is 5.78 Å². The summed E-state index contributed by atoms with van der Waals surface area (Å²) in [5.74, 6) is 0.147. The van der Waals surface area contributed by atoms with E-state index in [9.17, 15) is 4.79 Å². The van der Waals surface area contributed by atoms with Gasteiger partial charge in [0.2, 0.25) is 0 Å². The monoisotopic (exact) mass is 362 g/mol. The third-order valence-electron chi connectivity index (χ3n) is 2.40. The fourth-order valence-electron chi connectivity index (χ4n) is 1.58. The molecule has 5 heteroatoms. The second-order valence-electron chi connectivity index (χ2n) is 3.83. The molecule has 1 aromatic carbocycles. The molecule has 0 aliphatic carbocycles. The summed E-state index contributed by atoms with van der Waals surface area (Å²) >= 11 is 16.8. The number of hydrogen-bond donors (Lipinski definition) is 0. The Morgan fingerprint density at radius 3 is 2.56 bits per heavy atom. The zero-order valence-electron chi connectivity index (χ0n) is 9.25. The minimum absolute atomic E-state index is 0.147. The van der Waals surface area contributed by atoms with Crippen LogP contribution in [-0.4, -0.2) is 5.78 Å². The lowest BCUT2D eigenvalue weighted by Crippen LogP contribution is -2.05. The van der Waals surface area contributed by atoms with Gasteiger partial charge in [0.15, 0.2) is 0 Å². The van der Waals surface area contributed by atoms with Crippen molar-refractivity contribution in [1.82, 2.24) is 0 Å². The van der Waals surface area contributed by atoms with E-state index in [0.717, 1.165) is 14.2 Å². The Labute approximate surface area is 128 Å². The quantitative estimate of drug-likeness (QED) is 0.732. The van der Waals surface area contributed by atoms with Gasteiger partial charge in [-0.15, -0.1) is 11.3 Å². The van der Waals surface area contributed by atoms with Crippen molar-refractivity contribution in [2.75, 3.05) is 0 Å². The van der Waals surface area contributed by atoms with E-state index >= 15 is 0 Å². The first-order chi connectivity index (χ1) is 8.54. The van der Waals surface area contributed by atoms with Crippen molar-refractivity contribution in [2.24, 2.45) is 0 Å². The first-order valence-corrected chi connectivity index (χ1v) is 7.61. The molecule has 18 heavy (non-hydrogen) atoms. The third kappa shape index (κ3) is 3.82. The van der Waals surface area contributed by atoms with Crippen LogP contribution in [0.15, 0.2) is 34.1 Å². The summed E-state index contributed by atoms with van der Waals surface area (Å²) in [6, 6.07) is 9.11. The fraction of sp³-hybridized carbons (Fsp3) is 0.154. The average molecular weight is 364 g/mol. The lowest BCUT2D eigenvalue weighted by Gasteiger charge is -2.03. The number of hydrogen-bond acceptors (Lipinski definition) is 2. The molecule has 1 aromatic heterocycles. The van der Waals surface area contributed by atoms with Crippen LogP contribution in [0.4, 0.5) is 0 Å². The molecule has 0 saturated carbocycles. The lowest BCUT2D eigenvalue weighted by molar-refractivity contribution is -0.117. The minimum Gasteiger partial charge on any atom is -0.299 e. The van der Waals surface area contributed by atoms with Gasteiger partial charge in [-0.05, 0) is 45.8 Å². The third-order valence-corrected chi connectivity index (χ3v) is 4.61. The van der Waals surface area contributed by atoms with Gasteiger partial charge >= 0.3 is 0 Å². The SMILES string of the molecule is O=C(Cc1ccc(Br)s1)Cc1ccc(Cl)cc1Cl. The number of carbonyl (C=O) groups is 1. The fourth-order valence-corrected chi connectivity index (χ4v) is 3.57. The highest BCUT2D eigenvalue weighted by molar-refractivity contribution is 9.11. The molecule has 0 N–H and O–H groups in total. The first-order valence-electron chi connectivity index (χ1n) is 5.24. The van der Waals surface area contributed by atoms with Gasteiger partial charge < -0.3 is 0 Å². The van der Waals surface area contributed by atoms with Gasteiger partial charge in [-0.2, -0.15) is 0 Å². The molecular weight excluding hydrogens is 355 g/mol. The molecule has 1 nitrogen and oxygen atoms in total. The Morgan fingerprint density at radius 2 is 1.94 bits per heavy atom. The summed E-state index contributed by atoms with van der Waals surface area (Å²) in [4.78, 5) is 13.0. The van der Waals surface area contributed by atoms with Gasteiger partial charge in [-0.3, -0.25) is 4.79 Å². The Bertz CT molecular complexity index is 580. The largest absolute Gasteiger partial charge is 0.299 e. The number of Topliss-reactive ketones (excluding diaryl/α,β-unsaturated/α-hetero) is 1. The molecule has 0 bridgehead atoms. The van der Waals surface area contributed by atoms with E-state index in [1.54, 1.807) is 29.5 Å². The maximum absolute atomic E-state index is 11.9. The summed E-state index contributed by atoms with van der Waals surface area (Å²) < 4.78 is 1.04. The van der Waals surface area contributed by atoms with E-state index in [4.69, 9.17) is 23.2 Å². The van der Waals surface area contributed by atoms with Gasteiger partial charge in [0.05, 0.1) is 3.79 Å². The highest BCUT2D eigenvalue weighted by Crippen LogP contribution is 2.24. The molecule has 0 radical (unpaired) electrons. The van der Waals surface area contributed by atoms with Crippen LogP contribution >= 0.6 is 50.5 Å². The molecule has 2 aromatic rings. The van der Waals surface area contributed by atoms with Crippen molar-refractivity contribution in [3.63, 3.8) is 0 Å². The summed E-state index contributed by atoms with van der Waals surface area (Å²) in [6.07, 6.45) is 0.779. The maximum atomic E-state index is 11.9. The van der Waals surface area contributed by atoms with Crippen LogP contribution in [-0.2, 0) is 17.6 Å². The van der Waals surface area contributed by atoms with E-state index < -0.39 is 0 Å². The molecule has 2 rings (SSSR count). The zero-order chi connectivity index (χ0) is 13.1. The molecule has 94 valence electrons. The predicted octanol–water partition coefficient (Wildman–Crippen LogP) is 5.17. The minimum atomic E-state index is 0.147. The first kappa shape index (κ1) is 14.1. The highest BCUT2D eigenvalue weighted by Gasteiger charge is 2.10. The molecular formula is C13H9BrCl2OS. The Kier molecular flexibility index (Phi) is 4.84.